The molecule has 2 fully saturated rings. The molecule has 4 atom stereocenters. The molecule has 2 amide bonds. The first-order valence-corrected chi connectivity index (χ1v) is 8.28. The van der Waals surface area contributed by atoms with Crippen LogP contribution in [-0.4, -0.2) is 42.4 Å². The number of nitrogens with one attached hydrogen (secondary N) is 1. The molecule has 1 aliphatic carbocycles. The second-order valence-corrected chi connectivity index (χ2v) is 6.92. The lowest BCUT2D eigenvalue weighted by molar-refractivity contribution is -0.127. The van der Waals surface area contributed by atoms with Gasteiger partial charge in [-0.15, -0.1) is 0 Å². The number of nitrogens with zero attached hydrogens (tertiary/aromatic N) is 1. The third kappa shape index (κ3) is 4.43. The fourth-order valence-corrected chi connectivity index (χ4v) is 3.67. The van der Waals surface area contributed by atoms with E-state index in [1.807, 2.05) is 0 Å². The lowest BCUT2D eigenvalue weighted by Crippen LogP contribution is -2.49. The fourth-order valence-electron chi connectivity index (χ4n) is 3.67. The van der Waals surface area contributed by atoms with Crippen LogP contribution in [-0.2, 0) is 9.59 Å². The van der Waals surface area contributed by atoms with Crippen LogP contribution < -0.4 is 11.1 Å². The molecule has 5 nitrogen and oxygen atoms in total. The van der Waals surface area contributed by atoms with Gasteiger partial charge in [0.25, 0.3) is 0 Å². The molecule has 21 heavy (non-hydrogen) atoms. The number of primary amides is 1. The number of amides is 2. The maximum atomic E-state index is 12.2. The molecule has 0 aromatic carbocycles. The number of hydrogen-bond acceptors (Lipinski definition) is 3. The average Bonchev–Trinajstić information content (AvgIpc) is 2.44. The number of nitrogens with two attached hydrogens (primary N) is 1. The molecule has 0 radical (unpaired) electrons. The predicted octanol–water partition coefficient (Wildman–Crippen LogP) is 1.12. The zero-order valence-electron chi connectivity index (χ0n) is 13.3. The van der Waals surface area contributed by atoms with Gasteiger partial charge in [0.05, 0.1) is 12.5 Å². The molecule has 1 saturated heterocycles. The van der Waals surface area contributed by atoms with Crippen LogP contribution in [0.25, 0.3) is 0 Å². The van der Waals surface area contributed by atoms with Crippen molar-refractivity contribution in [2.75, 3.05) is 19.6 Å². The lowest BCUT2D eigenvalue weighted by atomic mass is 9.78. The first-order valence-electron chi connectivity index (χ1n) is 8.28. The third-order valence-electron chi connectivity index (χ3n) is 5.33. The third-order valence-corrected chi connectivity index (χ3v) is 5.33. The maximum absolute atomic E-state index is 12.2. The summed E-state index contributed by atoms with van der Waals surface area (Å²) in [6.07, 6.45) is 5.34. The van der Waals surface area contributed by atoms with Crippen LogP contribution >= 0.6 is 0 Å². The van der Waals surface area contributed by atoms with Crippen molar-refractivity contribution >= 4 is 11.8 Å². The van der Waals surface area contributed by atoms with Crippen LogP contribution in [0.1, 0.15) is 46.0 Å². The molecule has 1 aliphatic heterocycles. The van der Waals surface area contributed by atoms with Gasteiger partial charge in [0.2, 0.25) is 11.8 Å². The summed E-state index contributed by atoms with van der Waals surface area (Å²) in [5.74, 6) is 0.974. The maximum Gasteiger partial charge on any atom is 0.234 e. The number of rotatable bonds is 4. The molecule has 0 bridgehead atoms. The smallest absolute Gasteiger partial charge is 0.234 e. The molecule has 1 heterocycles. The Bertz CT molecular complexity index is 386. The highest BCUT2D eigenvalue weighted by Gasteiger charge is 2.29. The Labute approximate surface area is 127 Å². The molecular weight excluding hydrogens is 266 g/mol. The standard InChI is InChI=1S/C16H29N3O2/c1-11-5-3-7-14(12(11)2)18-15(20)10-19-8-4-6-13(9-19)16(17)21/h11-14H,3-10H2,1-2H3,(H2,17,21)(H,18,20)/t11-,12-,13+,14+/m1/s1. The average molecular weight is 295 g/mol. The van der Waals surface area contributed by atoms with Crippen molar-refractivity contribution in [1.82, 2.24) is 10.2 Å². The van der Waals surface area contributed by atoms with E-state index in [9.17, 15) is 9.59 Å². The van der Waals surface area contributed by atoms with Crippen molar-refractivity contribution in [2.45, 2.75) is 52.0 Å². The van der Waals surface area contributed by atoms with Gasteiger partial charge >= 0.3 is 0 Å². The van der Waals surface area contributed by atoms with E-state index in [1.54, 1.807) is 0 Å². The van der Waals surface area contributed by atoms with Gasteiger partial charge in [-0.25, -0.2) is 0 Å². The summed E-state index contributed by atoms with van der Waals surface area (Å²) < 4.78 is 0. The highest BCUT2D eigenvalue weighted by Crippen LogP contribution is 2.29. The second kappa shape index (κ2) is 7.25. The van der Waals surface area contributed by atoms with Gasteiger partial charge < -0.3 is 11.1 Å². The quantitative estimate of drug-likeness (QED) is 0.816. The van der Waals surface area contributed by atoms with Crippen LogP contribution in [0.15, 0.2) is 0 Å². The monoisotopic (exact) mass is 295 g/mol. The van der Waals surface area contributed by atoms with Crippen molar-refractivity contribution < 1.29 is 9.59 Å². The summed E-state index contributed by atoms with van der Waals surface area (Å²) in [5.41, 5.74) is 5.38. The number of carbonyl (C=O) groups is 2. The van der Waals surface area contributed by atoms with Crippen molar-refractivity contribution in [3.8, 4) is 0 Å². The van der Waals surface area contributed by atoms with Gasteiger partial charge in [-0.1, -0.05) is 26.7 Å². The van der Waals surface area contributed by atoms with Crippen LogP contribution in [0, 0.1) is 17.8 Å². The summed E-state index contributed by atoms with van der Waals surface area (Å²) in [5, 5.41) is 3.19. The molecule has 5 heteroatoms. The summed E-state index contributed by atoms with van der Waals surface area (Å²) in [6, 6.07) is 0.304. The summed E-state index contributed by atoms with van der Waals surface area (Å²) in [4.78, 5) is 25.6. The van der Waals surface area contributed by atoms with Crippen LogP contribution in [0.4, 0.5) is 0 Å². The molecule has 0 spiro atoms. The Morgan fingerprint density at radius 2 is 1.95 bits per heavy atom. The minimum absolute atomic E-state index is 0.0890. The molecule has 0 aromatic heterocycles. The van der Waals surface area contributed by atoms with Crippen molar-refractivity contribution in [3.63, 3.8) is 0 Å². The molecular formula is C16H29N3O2. The van der Waals surface area contributed by atoms with Crippen LogP contribution in [0.2, 0.25) is 0 Å². The molecule has 0 unspecified atom stereocenters. The van der Waals surface area contributed by atoms with E-state index in [1.165, 1.54) is 12.8 Å². The van der Waals surface area contributed by atoms with E-state index in [2.05, 4.69) is 24.1 Å². The van der Waals surface area contributed by atoms with E-state index >= 15 is 0 Å². The zero-order valence-corrected chi connectivity index (χ0v) is 13.3. The molecule has 0 aromatic rings. The topological polar surface area (TPSA) is 75.4 Å². The first-order chi connectivity index (χ1) is 9.97. The summed E-state index contributed by atoms with van der Waals surface area (Å²) >= 11 is 0. The predicted molar refractivity (Wildman–Crippen MR) is 82.5 cm³/mol. The first kappa shape index (κ1) is 16.3. The normalized spacial score (nSPS) is 34.4. The van der Waals surface area contributed by atoms with Gasteiger partial charge in [-0.05, 0) is 37.6 Å². The van der Waals surface area contributed by atoms with E-state index < -0.39 is 0 Å². The van der Waals surface area contributed by atoms with Gasteiger partial charge in [-0.3, -0.25) is 14.5 Å². The van der Waals surface area contributed by atoms with Crippen molar-refractivity contribution in [2.24, 2.45) is 23.5 Å². The molecule has 3 N–H and O–H groups in total. The van der Waals surface area contributed by atoms with E-state index in [0.29, 0.717) is 31.0 Å². The summed E-state index contributed by atoms with van der Waals surface area (Å²) in [7, 11) is 0. The minimum Gasteiger partial charge on any atom is -0.369 e. The second-order valence-electron chi connectivity index (χ2n) is 6.92. The van der Waals surface area contributed by atoms with Crippen molar-refractivity contribution in [1.29, 1.82) is 0 Å². The van der Waals surface area contributed by atoms with Crippen LogP contribution in [0.5, 0.6) is 0 Å². The Kier molecular flexibility index (Phi) is 5.62. The van der Waals surface area contributed by atoms with E-state index in [0.717, 1.165) is 25.8 Å². The number of carbonyl (C=O) groups excluding carboxylic acids is 2. The molecule has 120 valence electrons. The largest absolute Gasteiger partial charge is 0.369 e. The Hall–Kier alpha value is -1.10. The van der Waals surface area contributed by atoms with E-state index in [-0.39, 0.29) is 17.7 Å². The molecule has 2 aliphatic rings. The Balaban J connectivity index is 1.80. The number of likely N-dealkylation sites (tertiary alicyclic amines) is 1. The summed E-state index contributed by atoms with van der Waals surface area (Å²) in [6.45, 7) is 6.40. The zero-order chi connectivity index (χ0) is 15.4. The highest BCUT2D eigenvalue weighted by atomic mass is 16.2. The van der Waals surface area contributed by atoms with Crippen molar-refractivity contribution in [3.05, 3.63) is 0 Å². The van der Waals surface area contributed by atoms with Gasteiger partial charge in [0.1, 0.15) is 0 Å². The number of hydrogen-bond donors (Lipinski definition) is 2. The van der Waals surface area contributed by atoms with Gasteiger partial charge in [0.15, 0.2) is 0 Å². The SMILES string of the molecule is C[C@@H]1[C@H](C)CCC[C@@H]1NC(=O)CN1CCC[C@H](C(N)=O)C1. The Morgan fingerprint density at radius 1 is 1.19 bits per heavy atom. The lowest BCUT2D eigenvalue weighted by Gasteiger charge is -2.36. The van der Waals surface area contributed by atoms with Crippen LogP contribution in [0.3, 0.4) is 0 Å². The minimum atomic E-state index is -0.241. The molecule has 1 saturated carbocycles. The van der Waals surface area contributed by atoms with E-state index in [4.69, 9.17) is 5.73 Å². The fraction of sp³-hybridized carbons (Fsp3) is 0.875. The highest BCUT2D eigenvalue weighted by molar-refractivity contribution is 5.79. The Morgan fingerprint density at radius 3 is 2.67 bits per heavy atom. The van der Waals surface area contributed by atoms with Gasteiger partial charge in [-0.2, -0.15) is 0 Å². The number of piperidine rings is 1. The van der Waals surface area contributed by atoms with Gasteiger partial charge in [0, 0.05) is 12.6 Å². The molecule has 2 rings (SSSR count).